The Morgan fingerprint density at radius 2 is 2.29 bits per heavy atom. The van der Waals surface area contributed by atoms with Crippen molar-refractivity contribution in [3.05, 3.63) is 40.6 Å². The van der Waals surface area contributed by atoms with Crippen molar-refractivity contribution in [3.63, 3.8) is 0 Å². The molecule has 0 fully saturated rings. The third-order valence-electron chi connectivity index (χ3n) is 5.10. The number of nitrogens with one attached hydrogen (secondary N) is 2. The molecule has 1 aromatic carbocycles. The maximum atomic E-state index is 12.5. The summed E-state index contributed by atoms with van der Waals surface area (Å²) in [7, 11) is 0. The van der Waals surface area contributed by atoms with Crippen LogP contribution in [0.1, 0.15) is 53.4 Å². The number of anilines is 1. The number of ether oxygens (including phenoxy) is 1. The average Bonchev–Trinajstić information content (AvgIpc) is 3.10. The molecule has 0 saturated heterocycles. The van der Waals surface area contributed by atoms with Crippen molar-refractivity contribution in [1.82, 2.24) is 15.5 Å². The molecule has 1 aliphatic heterocycles. The Morgan fingerprint density at radius 3 is 3.12 bits per heavy atom. The zero-order valence-corrected chi connectivity index (χ0v) is 13.8. The summed E-state index contributed by atoms with van der Waals surface area (Å²) in [5.74, 6) is 1.11. The average molecular weight is 326 g/mol. The van der Waals surface area contributed by atoms with E-state index in [0.717, 1.165) is 43.7 Å². The Kier molecular flexibility index (Phi) is 3.48. The number of aromatic nitrogens is 2. The van der Waals surface area contributed by atoms with Crippen molar-refractivity contribution in [2.75, 3.05) is 12.3 Å². The molecule has 4 rings (SSSR count). The molecule has 1 spiro atoms. The van der Waals surface area contributed by atoms with E-state index in [0.29, 0.717) is 17.8 Å². The van der Waals surface area contributed by atoms with E-state index in [4.69, 9.17) is 10.5 Å². The molecule has 0 radical (unpaired) electrons. The van der Waals surface area contributed by atoms with Crippen LogP contribution in [0.2, 0.25) is 0 Å². The van der Waals surface area contributed by atoms with E-state index in [1.807, 2.05) is 6.07 Å². The van der Waals surface area contributed by atoms with Crippen molar-refractivity contribution in [2.45, 2.75) is 44.6 Å². The zero-order chi connectivity index (χ0) is 16.7. The number of aromatic amines is 1. The highest BCUT2D eigenvalue weighted by atomic mass is 16.5. The van der Waals surface area contributed by atoms with Crippen LogP contribution in [0, 0.1) is 0 Å². The van der Waals surface area contributed by atoms with Crippen LogP contribution in [0.4, 0.5) is 5.82 Å². The molecule has 126 valence electrons. The number of rotatable bonds is 4. The highest BCUT2D eigenvalue weighted by Gasteiger charge is 2.45. The number of fused-ring (bicyclic) bond motifs is 3. The van der Waals surface area contributed by atoms with Crippen LogP contribution in [0.3, 0.4) is 0 Å². The van der Waals surface area contributed by atoms with Gasteiger partial charge in [-0.15, -0.1) is 0 Å². The Hall–Kier alpha value is -2.50. The lowest BCUT2D eigenvalue weighted by Gasteiger charge is -2.34. The molecule has 2 aliphatic rings. The SMILES string of the molecule is CCCCOc1ccc2c(c1)CC[C@]21Cc2n[nH]c(N)c2C(=O)N1. The van der Waals surface area contributed by atoms with Gasteiger partial charge < -0.3 is 15.8 Å². The van der Waals surface area contributed by atoms with Crippen molar-refractivity contribution in [2.24, 2.45) is 0 Å². The molecule has 24 heavy (non-hydrogen) atoms. The van der Waals surface area contributed by atoms with Gasteiger partial charge >= 0.3 is 0 Å². The standard InChI is InChI=1S/C18H22N4O2/c1-2-3-8-24-12-4-5-13-11(9-12)6-7-18(13)10-14-15(17(23)20-18)16(19)22-21-14/h4-5,9H,2-3,6-8,10H2,1H3,(H,20,23)(H3,19,21,22)/t18-/m0/s1. The van der Waals surface area contributed by atoms with Crippen molar-refractivity contribution in [1.29, 1.82) is 0 Å². The van der Waals surface area contributed by atoms with Gasteiger partial charge in [0.2, 0.25) is 0 Å². The topological polar surface area (TPSA) is 93.0 Å². The van der Waals surface area contributed by atoms with E-state index in [2.05, 4.69) is 34.6 Å². The number of carbonyl (C=O) groups excluding carboxylic acids is 1. The molecule has 4 N–H and O–H groups in total. The predicted octanol–water partition coefficient (Wildman–Crippen LogP) is 2.30. The van der Waals surface area contributed by atoms with Gasteiger partial charge in [0.05, 0.1) is 17.8 Å². The minimum absolute atomic E-state index is 0.140. The molecule has 6 heteroatoms. The number of unbranched alkanes of at least 4 members (excludes halogenated alkanes) is 1. The van der Waals surface area contributed by atoms with Gasteiger partial charge in [0.15, 0.2) is 0 Å². The van der Waals surface area contributed by atoms with Gasteiger partial charge in [0.25, 0.3) is 5.91 Å². The first-order valence-corrected chi connectivity index (χ1v) is 8.54. The summed E-state index contributed by atoms with van der Waals surface area (Å²) >= 11 is 0. The molecule has 2 heterocycles. The van der Waals surface area contributed by atoms with Gasteiger partial charge in [-0.25, -0.2) is 0 Å². The third kappa shape index (κ3) is 2.25. The second-order valence-corrected chi connectivity index (χ2v) is 6.69. The summed E-state index contributed by atoms with van der Waals surface area (Å²) in [6, 6.07) is 6.20. The molecule has 1 aliphatic carbocycles. The van der Waals surface area contributed by atoms with E-state index in [-0.39, 0.29) is 11.4 Å². The van der Waals surface area contributed by atoms with Crippen LogP contribution in [0.15, 0.2) is 18.2 Å². The number of H-pyrrole nitrogens is 1. The number of amides is 1. The Labute approximate surface area is 140 Å². The smallest absolute Gasteiger partial charge is 0.257 e. The maximum Gasteiger partial charge on any atom is 0.257 e. The Morgan fingerprint density at radius 1 is 1.42 bits per heavy atom. The Balaban J connectivity index is 1.63. The van der Waals surface area contributed by atoms with Gasteiger partial charge in [-0.1, -0.05) is 19.4 Å². The normalized spacial score (nSPS) is 21.5. The molecule has 0 bridgehead atoms. The predicted molar refractivity (Wildman–Crippen MR) is 91.0 cm³/mol. The summed E-state index contributed by atoms with van der Waals surface area (Å²) in [4.78, 5) is 12.5. The van der Waals surface area contributed by atoms with E-state index >= 15 is 0 Å². The molecular weight excluding hydrogens is 304 g/mol. The first-order valence-electron chi connectivity index (χ1n) is 8.54. The fourth-order valence-corrected chi connectivity index (χ4v) is 3.85. The summed E-state index contributed by atoms with van der Waals surface area (Å²) in [5, 5.41) is 10.1. The van der Waals surface area contributed by atoms with Gasteiger partial charge in [-0.05, 0) is 42.5 Å². The molecule has 1 aromatic heterocycles. The summed E-state index contributed by atoms with van der Waals surface area (Å²) < 4.78 is 5.81. The lowest BCUT2D eigenvalue weighted by molar-refractivity contribution is 0.0876. The first kappa shape index (κ1) is 15.1. The quantitative estimate of drug-likeness (QED) is 0.752. The van der Waals surface area contributed by atoms with Crippen LogP contribution >= 0.6 is 0 Å². The van der Waals surface area contributed by atoms with E-state index < -0.39 is 0 Å². The lowest BCUT2D eigenvalue weighted by atomic mass is 9.83. The number of hydrogen-bond donors (Lipinski definition) is 3. The van der Waals surface area contributed by atoms with Crippen molar-refractivity contribution in [3.8, 4) is 5.75 Å². The summed E-state index contributed by atoms with van der Waals surface area (Å²) in [5.41, 5.74) is 9.11. The fourth-order valence-electron chi connectivity index (χ4n) is 3.85. The largest absolute Gasteiger partial charge is 0.494 e. The maximum absolute atomic E-state index is 12.5. The number of nitrogens with two attached hydrogens (primary N) is 1. The fraction of sp³-hybridized carbons (Fsp3) is 0.444. The molecule has 1 atom stereocenters. The highest BCUT2D eigenvalue weighted by Crippen LogP contribution is 2.43. The van der Waals surface area contributed by atoms with E-state index in [1.165, 1.54) is 11.1 Å². The van der Waals surface area contributed by atoms with E-state index in [1.54, 1.807) is 0 Å². The van der Waals surface area contributed by atoms with Crippen LogP contribution in [0.25, 0.3) is 0 Å². The molecule has 6 nitrogen and oxygen atoms in total. The minimum atomic E-state index is -0.372. The van der Waals surface area contributed by atoms with Gasteiger partial charge in [-0.2, -0.15) is 5.10 Å². The second kappa shape index (κ2) is 5.54. The van der Waals surface area contributed by atoms with E-state index in [9.17, 15) is 4.79 Å². The number of nitrogen functional groups attached to an aromatic ring is 1. The monoisotopic (exact) mass is 326 g/mol. The van der Waals surface area contributed by atoms with Crippen LogP contribution in [-0.4, -0.2) is 22.7 Å². The van der Waals surface area contributed by atoms with Crippen molar-refractivity contribution >= 4 is 11.7 Å². The van der Waals surface area contributed by atoms with Crippen molar-refractivity contribution < 1.29 is 9.53 Å². The number of aryl methyl sites for hydroxylation is 1. The lowest BCUT2D eigenvalue weighted by Crippen LogP contribution is -2.49. The second-order valence-electron chi connectivity index (χ2n) is 6.69. The van der Waals surface area contributed by atoms with Gasteiger partial charge in [0, 0.05) is 6.42 Å². The zero-order valence-electron chi connectivity index (χ0n) is 13.8. The highest BCUT2D eigenvalue weighted by molar-refractivity contribution is 6.01. The summed E-state index contributed by atoms with van der Waals surface area (Å²) in [6.45, 7) is 2.89. The van der Waals surface area contributed by atoms with Gasteiger partial charge in [0.1, 0.15) is 17.1 Å². The number of benzene rings is 1. The number of carbonyl (C=O) groups is 1. The van der Waals surface area contributed by atoms with Crippen LogP contribution < -0.4 is 15.8 Å². The molecule has 2 aromatic rings. The first-order chi connectivity index (χ1) is 11.6. The van der Waals surface area contributed by atoms with Gasteiger partial charge in [-0.3, -0.25) is 9.89 Å². The third-order valence-corrected chi connectivity index (χ3v) is 5.10. The molecule has 0 unspecified atom stereocenters. The van der Waals surface area contributed by atoms with Crippen LogP contribution in [0.5, 0.6) is 5.75 Å². The molecule has 0 saturated carbocycles. The summed E-state index contributed by atoms with van der Waals surface area (Å²) in [6.07, 6.45) is 4.65. The number of nitrogens with zero attached hydrogens (tertiary/aromatic N) is 1. The molecular formula is C18H22N4O2. The molecule has 1 amide bonds. The van der Waals surface area contributed by atoms with Crippen LogP contribution in [-0.2, 0) is 18.4 Å². The Bertz CT molecular complexity index is 798. The number of hydrogen-bond acceptors (Lipinski definition) is 4. The minimum Gasteiger partial charge on any atom is -0.494 e.